The number of carbonyl (C=O) groups is 1. The van der Waals surface area contributed by atoms with E-state index in [1.807, 2.05) is 0 Å². The molecule has 0 saturated carbocycles. The van der Waals surface area contributed by atoms with Gasteiger partial charge in [-0.2, -0.15) is 0 Å². The van der Waals surface area contributed by atoms with Gasteiger partial charge in [-0.25, -0.2) is 4.39 Å². The van der Waals surface area contributed by atoms with Crippen molar-refractivity contribution in [2.24, 2.45) is 5.73 Å². The van der Waals surface area contributed by atoms with Crippen molar-refractivity contribution in [3.8, 4) is 0 Å². The topological polar surface area (TPSA) is 64.3 Å². The van der Waals surface area contributed by atoms with Crippen LogP contribution < -0.4 is 11.1 Å². The van der Waals surface area contributed by atoms with Gasteiger partial charge >= 0.3 is 0 Å². The van der Waals surface area contributed by atoms with Crippen molar-refractivity contribution >= 4 is 5.91 Å². The molecule has 3 N–H and O–H groups in total. The van der Waals surface area contributed by atoms with Gasteiger partial charge in [0, 0.05) is 13.7 Å². The highest BCUT2D eigenvalue weighted by molar-refractivity contribution is 5.81. The molecule has 0 spiro atoms. The lowest BCUT2D eigenvalue weighted by Gasteiger charge is -2.15. The monoisotopic (exact) mass is 226 g/mol. The summed E-state index contributed by atoms with van der Waals surface area (Å²) in [6.45, 7) is 0.979. The number of nitrogens with one attached hydrogen (secondary N) is 1. The highest BCUT2D eigenvalue weighted by Crippen LogP contribution is 2.12. The van der Waals surface area contributed by atoms with E-state index in [1.54, 1.807) is 7.11 Å². The van der Waals surface area contributed by atoms with Crippen LogP contribution in [0.1, 0.15) is 11.6 Å². The molecule has 0 aliphatic carbocycles. The average Bonchev–Trinajstić information content (AvgIpc) is 2.26. The third-order valence-electron chi connectivity index (χ3n) is 2.14. The molecule has 0 aliphatic heterocycles. The summed E-state index contributed by atoms with van der Waals surface area (Å²) in [5.41, 5.74) is 5.90. The summed E-state index contributed by atoms with van der Waals surface area (Å²) in [6.07, 6.45) is 0. The van der Waals surface area contributed by atoms with Gasteiger partial charge in [-0.3, -0.25) is 10.1 Å². The molecule has 4 nitrogen and oxygen atoms in total. The minimum Gasteiger partial charge on any atom is -0.383 e. The molecular formula is C11H15FN2O2. The van der Waals surface area contributed by atoms with Gasteiger partial charge in [0.05, 0.1) is 6.61 Å². The third kappa shape index (κ3) is 3.60. The molecule has 16 heavy (non-hydrogen) atoms. The Kier molecular flexibility index (Phi) is 4.88. The Morgan fingerprint density at radius 3 is 2.62 bits per heavy atom. The van der Waals surface area contributed by atoms with Gasteiger partial charge in [-0.1, -0.05) is 12.1 Å². The number of amides is 1. The van der Waals surface area contributed by atoms with E-state index < -0.39 is 11.9 Å². The van der Waals surface area contributed by atoms with Crippen LogP contribution in [0.25, 0.3) is 0 Å². The Morgan fingerprint density at radius 2 is 2.12 bits per heavy atom. The number of rotatable bonds is 6. The van der Waals surface area contributed by atoms with Gasteiger partial charge in [0.15, 0.2) is 0 Å². The van der Waals surface area contributed by atoms with Gasteiger partial charge in [-0.15, -0.1) is 0 Å². The molecular weight excluding hydrogens is 211 g/mol. The van der Waals surface area contributed by atoms with Crippen molar-refractivity contribution in [3.63, 3.8) is 0 Å². The lowest BCUT2D eigenvalue weighted by molar-refractivity contribution is -0.120. The zero-order valence-electron chi connectivity index (χ0n) is 9.07. The third-order valence-corrected chi connectivity index (χ3v) is 2.14. The van der Waals surface area contributed by atoms with Crippen molar-refractivity contribution in [3.05, 3.63) is 35.6 Å². The molecule has 0 radical (unpaired) electrons. The number of carbonyl (C=O) groups excluding carboxylic acids is 1. The van der Waals surface area contributed by atoms with Gasteiger partial charge in [0.2, 0.25) is 5.91 Å². The van der Waals surface area contributed by atoms with Crippen LogP contribution in [0.5, 0.6) is 0 Å². The van der Waals surface area contributed by atoms with Gasteiger partial charge in [0.1, 0.15) is 11.9 Å². The molecule has 0 aliphatic rings. The second-order valence-corrected chi connectivity index (χ2v) is 3.33. The SMILES string of the molecule is COCCNC(C(N)=O)c1ccc(F)cc1. The molecule has 0 fully saturated rings. The first kappa shape index (κ1) is 12.6. The number of halogens is 1. The molecule has 88 valence electrons. The zero-order valence-corrected chi connectivity index (χ0v) is 9.07. The van der Waals surface area contributed by atoms with Crippen LogP contribution in [0.15, 0.2) is 24.3 Å². The summed E-state index contributed by atoms with van der Waals surface area (Å²) in [6, 6.07) is 5.04. The summed E-state index contributed by atoms with van der Waals surface area (Å²) < 4.78 is 17.6. The fraction of sp³-hybridized carbons (Fsp3) is 0.364. The molecule has 1 rings (SSSR count). The number of ether oxygens (including phenoxy) is 1. The Morgan fingerprint density at radius 1 is 1.50 bits per heavy atom. The summed E-state index contributed by atoms with van der Waals surface area (Å²) in [4.78, 5) is 11.2. The molecule has 1 aromatic rings. The first-order valence-corrected chi connectivity index (χ1v) is 4.92. The quantitative estimate of drug-likeness (QED) is 0.698. The fourth-order valence-corrected chi connectivity index (χ4v) is 1.34. The Balaban J connectivity index is 2.69. The summed E-state index contributed by atoms with van der Waals surface area (Å²) >= 11 is 0. The second-order valence-electron chi connectivity index (χ2n) is 3.33. The number of hydrogen-bond donors (Lipinski definition) is 2. The second kappa shape index (κ2) is 6.19. The van der Waals surface area contributed by atoms with Crippen LogP contribution >= 0.6 is 0 Å². The maximum absolute atomic E-state index is 12.7. The average molecular weight is 226 g/mol. The van der Waals surface area contributed by atoms with E-state index in [1.165, 1.54) is 24.3 Å². The Labute approximate surface area is 93.6 Å². The molecule has 0 bridgehead atoms. The first-order valence-electron chi connectivity index (χ1n) is 4.92. The normalized spacial score (nSPS) is 12.4. The Hall–Kier alpha value is -1.46. The van der Waals surface area contributed by atoms with Crippen molar-refractivity contribution in [1.82, 2.24) is 5.32 Å². The maximum atomic E-state index is 12.7. The van der Waals surface area contributed by atoms with Crippen molar-refractivity contribution in [2.75, 3.05) is 20.3 Å². The van der Waals surface area contributed by atoms with Crippen LogP contribution in [0.2, 0.25) is 0 Å². The standard InChI is InChI=1S/C11H15FN2O2/c1-16-7-6-14-10(11(13)15)8-2-4-9(12)5-3-8/h2-5,10,14H,6-7H2,1H3,(H2,13,15). The zero-order chi connectivity index (χ0) is 12.0. The van der Waals surface area contributed by atoms with E-state index in [2.05, 4.69) is 5.32 Å². The summed E-state index contributed by atoms with van der Waals surface area (Å²) in [5.74, 6) is -0.841. The van der Waals surface area contributed by atoms with Crippen LogP contribution in [0.4, 0.5) is 4.39 Å². The Bertz CT molecular complexity index is 340. The summed E-state index contributed by atoms with van der Waals surface area (Å²) in [7, 11) is 1.57. The van der Waals surface area contributed by atoms with Crippen LogP contribution in [0, 0.1) is 5.82 Å². The van der Waals surface area contributed by atoms with Crippen LogP contribution in [-0.4, -0.2) is 26.2 Å². The smallest absolute Gasteiger partial charge is 0.239 e. The number of benzene rings is 1. The maximum Gasteiger partial charge on any atom is 0.239 e. The summed E-state index contributed by atoms with van der Waals surface area (Å²) in [5, 5.41) is 2.93. The first-order chi connectivity index (χ1) is 7.65. The van der Waals surface area contributed by atoms with E-state index in [0.717, 1.165) is 0 Å². The lowest BCUT2D eigenvalue weighted by Crippen LogP contribution is -2.35. The predicted molar refractivity (Wildman–Crippen MR) is 58.2 cm³/mol. The largest absolute Gasteiger partial charge is 0.383 e. The van der Waals surface area contributed by atoms with Crippen molar-refractivity contribution < 1.29 is 13.9 Å². The van der Waals surface area contributed by atoms with E-state index >= 15 is 0 Å². The lowest BCUT2D eigenvalue weighted by atomic mass is 10.1. The van der Waals surface area contributed by atoms with Crippen LogP contribution in [0.3, 0.4) is 0 Å². The molecule has 0 aromatic heterocycles. The molecule has 1 atom stereocenters. The molecule has 1 amide bonds. The van der Waals surface area contributed by atoms with Gasteiger partial charge in [-0.05, 0) is 17.7 Å². The van der Waals surface area contributed by atoms with E-state index in [-0.39, 0.29) is 5.82 Å². The van der Waals surface area contributed by atoms with Gasteiger partial charge < -0.3 is 10.5 Å². The minimum atomic E-state index is -0.615. The van der Waals surface area contributed by atoms with E-state index in [4.69, 9.17) is 10.5 Å². The highest BCUT2D eigenvalue weighted by Gasteiger charge is 2.16. The molecule has 0 heterocycles. The van der Waals surface area contributed by atoms with E-state index in [0.29, 0.717) is 18.7 Å². The molecule has 5 heteroatoms. The highest BCUT2D eigenvalue weighted by atomic mass is 19.1. The van der Waals surface area contributed by atoms with Crippen LogP contribution in [-0.2, 0) is 9.53 Å². The molecule has 1 unspecified atom stereocenters. The number of nitrogens with two attached hydrogens (primary N) is 1. The number of hydrogen-bond acceptors (Lipinski definition) is 3. The van der Waals surface area contributed by atoms with Crippen molar-refractivity contribution in [1.29, 1.82) is 0 Å². The number of primary amides is 1. The number of methoxy groups -OCH3 is 1. The minimum absolute atomic E-state index is 0.344. The molecule has 1 aromatic carbocycles. The van der Waals surface area contributed by atoms with Crippen molar-refractivity contribution in [2.45, 2.75) is 6.04 Å². The fourth-order valence-electron chi connectivity index (χ4n) is 1.34. The molecule has 0 saturated heterocycles. The van der Waals surface area contributed by atoms with E-state index in [9.17, 15) is 9.18 Å². The van der Waals surface area contributed by atoms with Gasteiger partial charge in [0.25, 0.3) is 0 Å². The predicted octanol–water partition coefficient (Wildman–Crippen LogP) is 0.588.